The van der Waals surface area contributed by atoms with Crippen molar-refractivity contribution in [1.82, 2.24) is 4.57 Å². The number of benzene rings is 3. The van der Waals surface area contributed by atoms with Crippen LogP contribution < -0.4 is 10.7 Å². The Morgan fingerprint density at radius 2 is 1.67 bits per heavy atom. The number of hydrogen-bond acceptors (Lipinski definition) is 4. The van der Waals surface area contributed by atoms with Crippen LogP contribution in [0.25, 0.3) is 10.9 Å². The van der Waals surface area contributed by atoms with E-state index in [1.54, 1.807) is 36.4 Å². The van der Waals surface area contributed by atoms with Crippen molar-refractivity contribution in [1.29, 1.82) is 0 Å². The zero-order chi connectivity index (χ0) is 23.6. The second kappa shape index (κ2) is 9.03. The molecule has 0 aliphatic heterocycles. The SMILES string of the molecule is CCc1ccc2c(c1)c(=O)c(S(=O)(=O)c1ccccc1)cn2CC(=O)Nc1ccccc1C. The van der Waals surface area contributed by atoms with Gasteiger partial charge in [0.25, 0.3) is 0 Å². The van der Waals surface area contributed by atoms with Crippen molar-refractivity contribution in [2.45, 2.75) is 36.6 Å². The van der Waals surface area contributed by atoms with Crippen LogP contribution in [0.5, 0.6) is 0 Å². The minimum absolute atomic E-state index is 0.0315. The number of para-hydroxylation sites is 1. The molecule has 0 bridgehead atoms. The van der Waals surface area contributed by atoms with Gasteiger partial charge in [0.15, 0.2) is 0 Å². The molecule has 0 atom stereocenters. The molecule has 0 unspecified atom stereocenters. The summed E-state index contributed by atoms with van der Waals surface area (Å²) in [5, 5.41) is 3.14. The van der Waals surface area contributed by atoms with Gasteiger partial charge in [0, 0.05) is 17.3 Å². The molecule has 1 N–H and O–H groups in total. The Morgan fingerprint density at radius 1 is 0.970 bits per heavy atom. The molecule has 4 rings (SSSR count). The number of carbonyl (C=O) groups is 1. The van der Waals surface area contributed by atoms with Crippen molar-refractivity contribution in [3.63, 3.8) is 0 Å². The van der Waals surface area contributed by atoms with E-state index in [-0.39, 0.29) is 27.6 Å². The van der Waals surface area contributed by atoms with Crippen LogP contribution >= 0.6 is 0 Å². The largest absolute Gasteiger partial charge is 0.336 e. The highest BCUT2D eigenvalue weighted by Gasteiger charge is 2.24. The summed E-state index contributed by atoms with van der Waals surface area (Å²) >= 11 is 0. The molecular formula is C26H24N2O4S. The number of hydrogen-bond donors (Lipinski definition) is 1. The third-order valence-electron chi connectivity index (χ3n) is 5.60. The Hall–Kier alpha value is -3.71. The fourth-order valence-electron chi connectivity index (χ4n) is 3.74. The van der Waals surface area contributed by atoms with E-state index in [1.807, 2.05) is 38.1 Å². The summed E-state index contributed by atoms with van der Waals surface area (Å²) in [6.45, 7) is 3.70. The van der Waals surface area contributed by atoms with Gasteiger partial charge in [-0.25, -0.2) is 8.42 Å². The fraction of sp³-hybridized carbons (Fsp3) is 0.154. The molecule has 6 nitrogen and oxygen atoms in total. The quantitative estimate of drug-likeness (QED) is 0.464. The van der Waals surface area contributed by atoms with E-state index in [9.17, 15) is 18.0 Å². The van der Waals surface area contributed by atoms with Crippen molar-refractivity contribution in [2.24, 2.45) is 0 Å². The Kier molecular flexibility index (Phi) is 6.16. The molecular weight excluding hydrogens is 436 g/mol. The van der Waals surface area contributed by atoms with E-state index in [0.29, 0.717) is 17.6 Å². The van der Waals surface area contributed by atoms with Gasteiger partial charge < -0.3 is 9.88 Å². The van der Waals surface area contributed by atoms with Crippen molar-refractivity contribution >= 4 is 32.3 Å². The Labute approximate surface area is 192 Å². The number of aryl methyl sites for hydroxylation is 2. The average Bonchev–Trinajstić information content (AvgIpc) is 2.82. The lowest BCUT2D eigenvalue weighted by Crippen LogP contribution is -2.24. The molecule has 7 heteroatoms. The van der Waals surface area contributed by atoms with Gasteiger partial charge >= 0.3 is 0 Å². The highest BCUT2D eigenvalue weighted by atomic mass is 32.2. The lowest BCUT2D eigenvalue weighted by Gasteiger charge is -2.15. The van der Waals surface area contributed by atoms with Crippen molar-refractivity contribution < 1.29 is 13.2 Å². The van der Waals surface area contributed by atoms with E-state index in [1.165, 1.54) is 22.9 Å². The lowest BCUT2D eigenvalue weighted by atomic mass is 10.1. The van der Waals surface area contributed by atoms with Gasteiger partial charge in [0.2, 0.25) is 21.2 Å². The van der Waals surface area contributed by atoms with Gasteiger partial charge in [-0.3, -0.25) is 9.59 Å². The number of rotatable bonds is 6. The maximum atomic E-state index is 13.3. The summed E-state index contributed by atoms with van der Waals surface area (Å²) in [6.07, 6.45) is 1.97. The minimum atomic E-state index is -4.07. The molecule has 3 aromatic carbocycles. The van der Waals surface area contributed by atoms with Gasteiger partial charge in [-0.2, -0.15) is 0 Å². The van der Waals surface area contributed by atoms with Crippen LogP contribution in [0.3, 0.4) is 0 Å². The topological polar surface area (TPSA) is 85.2 Å². The molecule has 1 aromatic heterocycles. The first kappa shape index (κ1) is 22.5. The molecule has 4 aromatic rings. The minimum Gasteiger partial charge on any atom is -0.336 e. The molecule has 0 saturated heterocycles. The summed E-state index contributed by atoms with van der Waals surface area (Å²) in [7, 11) is -4.07. The van der Waals surface area contributed by atoms with Crippen LogP contribution in [0, 0.1) is 6.92 Å². The number of anilines is 1. The molecule has 168 valence electrons. The second-order valence-corrected chi connectivity index (χ2v) is 9.75. The molecule has 33 heavy (non-hydrogen) atoms. The first-order chi connectivity index (χ1) is 15.8. The first-order valence-corrected chi connectivity index (χ1v) is 12.1. The van der Waals surface area contributed by atoms with Gasteiger partial charge in [-0.1, -0.05) is 49.4 Å². The first-order valence-electron chi connectivity index (χ1n) is 10.6. The van der Waals surface area contributed by atoms with Crippen LogP contribution in [0.2, 0.25) is 0 Å². The van der Waals surface area contributed by atoms with Crippen LogP contribution in [-0.2, 0) is 27.6 Å². The predicted octanol–water partition coefficient (Wildman–Crippen LogP) is 4.34. The molecule has 0 aliphatic rings. The molecule has 0 spiro atoms. The molecule has 0 fully saturated rings. The number of pyridine rings is 1. The fourth-order valence-corrected chi connectivity index (χ4v) is 5.13. The summed E-state index contributed by atoms with van der Waals surface area (Å²) in [4.78, 5) is 25.8. The van der Waals surface area contributed by atoms with E-state index in [2.05, 4.69) is 5.32 Å². The number of carbonyl (C=O) groups excluding carboxylic acids is 1. The zero-order valence-corrected chi connectivity index (χ0v) is 19.2. The zero-order valence-electron chi connectivity index (χ0n) is 18.4. The van der Waals surface area contributed by atoms with E-state index in [4.69, 9.17) is 0 Å². The van der Waals surface area contributed by atoms with Crippen molar-refractivity contribution in [3.05, 3.63) is 100 Å². The second-order valence-electron chi connectivity index (χ2n) is 7.84. The molecule has 0 aliphatic carbocycles. The lowest BCUT2D eigenvalue weighted by molar-refractivity contribution is -0.116. The van der Waals surface area contributed by atoms with E-state index < -0.39 is 15.3 Å². The third-order valence-corrected chi connectivity index (χ3v) is 7.36. The van der Waals surface area contributed by atoms with E-state index >= 15 is 0 Å². The highest BCUT2D eigenvalue weighted by molar-refractivity contribution is 7.91. The monoisotopic (exact) mass is 460 g/mol. The molecule has 1 amide bonds. The number of sulfone groups is 1. The van der Waals surface area contributed by atoms with Crippen LogP contribution in [0.15, 0.2) is 93.6 Å². The number of nitrogens with zero attached hydrogens (tertiary/aromatic N) is 1. The van der Waals surface area contributed by atoms with Gasteiger partial charge in [-0.15, -0.1) is 0 Å². The number of fused-ring (bicyclic) bond motifs is 1. The molecule has 0 saturated carbocycles. The Morgan fingerprint density at radius 3 is 2.36 bits per heavy atom. The normalized spacial score (nSPS) is 11.5. The van der Waals surface area contributed by atoms with Gasteiger partial charge in [0.05, 0.1) is 10.4 Å². The number of aromatic nitrogens is 1. The Bertz CT molecular complexity index is 1510. The summed E-state index contributed by atoms with van der Waals surface area (Å²) < 4.78 is 28.2. The summed E-state index contributed by atoms with van der Waals surface area (Å²) in [5.41, 5.74) is 2.43. The van der Waals surface area contributed by atoms with Gasteiger partial charge in [-0.05, 0) is 54.8 Å². The highest BCUT2D eigenvalue weighted by Crippen LogP contribution is 2.22. The molecule has 0 radical (unpaired) electrons. The standard InChI is InChI=1S/C26H24N2O4S/c1-3-19-13-14-23-21(15-19)26(30)24(33(31,32)20-10-5-4-6-11-20)16-28(23)17-25(29)27-22-12-8-7-9-18(22)2/h4-16H,3,17H2,1-2H3,(H,27,29). The molecule has 1 heterocycles. The van der Waals surface area contributed by atoms with Crippen molar-refractivity contribution in [3.8, 4) is 0 Å². The van der Waals surface area contributed by atoms with Gasteiger partial charge in [0.1, 0.15) is 11.4 Å². The maximum absolute atomic E-state index is 13.3. The average molecular weight is 461 g/mol. The Balaban J connectivity index is 1.85. The summed E-state index contributed by atoms with van der Waals surface area (Å²) in [6, 6.07) is 20.6. The van der Waals surface area contributed by atoms with Crippen molar-refractivity contribution in [2.75, 3.05) is 5.32 Å². The summed E-state index contributed by atoms with van der Waals surface area (Å²) in [5.74, 6) is -0.322. The third kappa shape index (κ3) is 4.45. The van der Waals surface area contributed by atoms with E-state index in [0.717, 1.165) is 11.1 Å². The number of amides is 1. The smallest absolute Gasteiger partial charge is 0.244 e. The number of nitrogens with one attached hydrogen (secondary N) is 1. The van der Waals surface area contributed by atoms with Crippen LogP contribution in [0.4, 0.5) is 5.69 Å². The van der Waals surface area contributed by atoms with Crippen LogP contribution in [0.1, 0.15) is 18.1 Å². The predicted molar refractivity (Wildman–Crippen MR) is 129 cm³/mol. The van der Waals surface area contributed by atoms with Crippen LogP contribution in [-0.4, -0.2) is 18.9 Å². The maximum Gasteiger partial charge on any atom is 0.244 e.